The molecule has 2 heterocycles. The second-order valence-electron chi connectivity index (χ2n) is 6.82. The van der Waals surface area contributed by atoms with Gasteiger partial charge in [0.2, 0.25) is 11.7 Å². The molecule has 30 heavy (non-hydrogen) atoms. The Morgan fingerprint density at radius 3 is 2.77 bits per heavy atom. The number of ether oxygens (including phenoxy) is 2. The highest BCUT2D eigenvalue weighted by atomic mass is 35.5. The van der Waals surface area contributed by atoms with E-state index in [1.165, 1.54) is 13.2 Å². The summed E-state index contributed by atoms with van der Waals surface area (Å²) in [6.45, 7) is 6.16. The number of nitrogens with zero attached hydrogens (tertiary/aromatic N) is 3. The number of hydrogen-bond acceptors (Lipinski definition) is 7. The molecule has 0 saturated carbocycles. The van der Waals surface area contributed by atoms with Crippen molar-refractivity contribution >= 4 is 17.5 Å². The van der Waals surface area contributed by atoms with E-state index in [1.807, 2.05) is 26.8 Å². The zero-order valence-corrected chi connectivity index (χ0v) is 17.9. The van der Waals surface area contributed by atoms with E-state index in [9.17, 15) is 4.79 Å². The highest BCUT2D eigenvalue weighted by Gasteiger charge is 2.26. The van der Waals surface area contributed by atoms with Crippen LogP contribution in [0.25, 0.3) is 11.4 Å². The molecule has 1 aromatic carbocycles. The van der Waals surface area contributed by atoms with E-state index < -0.39 is 6.04 Å². The van der Waals surface area contributed by atoms with E-state index in [1.54, 1.807) is 24.5 Å². The van der Waals surface area contributed by atoms with Crippen LogP contribution in [0.5, 0.6) is 11.5 Å². The molecule has 8 nitrogen and oxygen atoms in total. The summed E-state index contributed by atoms with van der Waals surface area (Å²) in [5, 5.41) is 7.24. The third-order valence-corrected chi connectivity index (χ3v) is 4.64. The van der Waals surface area contributed by atoms with Crippen molar-refractivity contribution in [1.29, 1.82) is 0 Å². The Bertz CT molecular complexity index is 1010. The molecule has 0 radical (unpaired) electrons. The van der Waals surface area contributed by atoms with Crippen LogP contribution in [0.3, 0.4) is 0 Å². The molecule has 1 atom stereocenters. The fraction of sp³-hybridized carbons (Fsp3) is 0.333. The second kappa shape index (κ2) is 9.58. The molecule has 0 aliphatic carbocycles. The van der Waals surface area contributed by atoms with Gasteiger partial charge in [0, 0.05) is 23.5 Å². The first-order valence-corrected chi connectivity index (χ1v) is 9.87. The van der Waals surface area contributed by atoms with E-state index in [4.69, 9.17) is 25.6 Å². The standard InChI is InChI=1S/C21H23ClN4O4/c1-5-29-18-15(22)9-14(10-16(18)28-4)20(27)24-17(12(2)3)21-25-19(26-30-21)13-7-6-8-23-11-13/h6-12,17H,5H2,1-4H3,(H,24,27). The summed E-state index contributed by atoms with van der Waals surface area (Å²) in [6.07, 6.45) is 3.31. The Kier molecular flexibility index (Phi) is 6.89. The first kappa shape index (κ1) is 21.6. The molecule has 1 amide bonds. The summed E-state index contributed by atoms with van der Waals surface area (Å²) in [7, 11) is 1.49. The number of carbonyl (C=O) groups is 1. The minimum Gasteiger partial charge on any atom is -0.493 e. The summed E-state index contributed by atoms with van der Waals surface area (Å²) in [5.74, 6) is 1.14. The Labute approximate surface area is 179 Å². The SMILES string of the molecule is CCOc1c(Cl)cc(C(=O)NC(c2nc(-c3cccnc3)no2)C(C)C)cc1OC. The summed E-state index contributed by atoms with van der Waals surface area (Å²) < 4.78 is 16.2. The van der Waals surface area contributed by atoms with Crippen LogP contribution in [0, 0.1) is 5.92 Å². The molecule has 1 unspecified atom stereocenters. The second-order valence-corrected chi connectivity index (χ2v) is 7.22. The number of amides is 1. The normalized spacial score (nSPS) is 11.9. The maximum atomic E-state index is 12.9. The van der Waals surface area contributed by atoms with Gasteiger partial charge in [-0.15, -0.1) is 0 Å². The van der Waals surface area contributed by atoms with Gasteiger partial charge in [-0.05, 0) is 37.1 Å². The van der Waals surface area contributed by atoms with E-state index >= 15 is 0 Å². The van der Waals surface area contributed by atoms with Gasteiger partial charge >= 0.3 is 0 Å². The van der Waals surface area contributed by atoms with Crippen molar-refractivity contribution in [3.8, 4) is 22.9 Å². The van der Waals surface area contributed by atoms with E-state index in [0.29, 0.717) is 40.4 Å². The number of carbonyl (C=O) groups excluding carboxylic acids is 1. The molecule has 0 aliphatic heterocycles. The van der Waals surface area contributed by atoms with Crippen LogP contribution in [0.4, 0.5) is 0 Å². The Balaban J connectivity index is 1.85. The third-order valence-electron chi connectivity index (χ3n) is 4.36. The predicted molar refractivity (Wildman–Crippen MR) is 112 cm³/mol. The van der Waals surface area contributed by atoms with Crippen LogP contribution in [0.2, 0.25) is 5.02 Å². The van der Waals surface area contributed by atoms with Gasteiger partial charge in [0.25, 0.3) is 5.91 Å². The highest BCUT2D eigenvalue weighted by molar-refractivity contribution is 6.32. The van der Waals surface area contributed by atoms with Crippen molar-refractivity contribution in [2.24, 2.45) is 5.92 Å². The smallest absolute Gasteiger partial charge is 0.252 e. The van der Waals surface area contributed by atoms with Gasteiger partial charge in [-0.2, -0.15) is 4.98 Å². The molecule has 9 heteroatoms. The lowest BCUT2D eigenvalue weighted by atomic mass is 10.0. The lowest BCUT2D eigenvalue weighted by Gasteiger charge is -2.19. The molecular formula is C21H23ClN4O4. The first-order valence-electron chi connectivity index (χ1n) is 9.49. The fourth-order valence-corrected chi connectivity index (χ4v) is 3.11. The zero-order chi connectivity index (χ0) is 21.7. The van der Waals surface area contributed by atoms with Gasteiger partial charge in [0.05, 0.1) is 18.7 Å². The molecule has 2 aromatic heterocycles. The molecule has 0 bridgehead atoms. The maximum Gasteiger partial charge on any atom is 0.252 e. The monoisotopic (exact) mass is 430 g/mol. The van der Waals surface area contributed by atoms with Crippen molar-refractivity contribution in [2.45, 2.75) is 26.8 Å². The van der Waals surface area contributed by atoms with Gasteiger partial charge in [-0.25, -0.2) is 0 Å². The molecule has 1 N–H and O–H groups in total. The van der Waals surface area contributed by atoms with Crippen LogP contribution in [0.1, 0.15) is 43.1 Å². The van der Waals surface area contributed by atoms with Crippen molar-refractivity contribution in [2.75, 3.05) is 13.7 Å². The Morgan fingerprint density at radius 1 is 1.33 bits per heavy atom. The molecule has 3 rings (SSSR count). The molecular weight excluding hydrogens is 408 g/mol. The van der Waals surface area contributed by atoms with Gasteiger partial charge in [-0.1, -0.05) is 30.6 Å². The van der Waals surface area contributed by atoms with E-state index in [0.717, 1.165) is 5.56 Å². The van der Waals surface area contributed by atoms with Crippen LogP contribution < -0.4 is 14.8 Å². The van der Waals surface area contributed by atoms with Crippen molar-refractivity contribution in [3.63, 3.8) is 0 Å². The molecule has 158 valence electrons. The number of benzene rings is 1. The van der Waals surface area contributed by atoms with Crippen LogP contribution in [-0.2, 0) is 0 Å². The molecule has 3 aromatic rings. The van der Waals surface area contributed by atoms with Gasteiger partial charge in [0.1, 0.15) is 6.04 Å². The minimum absolute atomic E-state index is 0.00351. The number of rotatable bonds is 8. The number of hydrogen-bond donors (Lipinski definition) is 1. The lowest BCUT2D eigenvalue weighted by Crippen LogP contribution is -2.32. The Morgan fingerprint density at radius 2 is 2.13 bits per heavy atom. The van der Waals surface area contributed by atoms with E-state index in [2.05, 4.69) is 20.4 Å². The van der Waals surface area contributed by atoms with Crippen molar-refractivity contribution < 1.29 is 18.8 Å². The minimum atomic E-state index is -0.494. The number of methoxy groups -OCH3 is 1. The average molecular weight is 431 g/mol. The van der Waals surface area contributed by atoms with Crippen LogP contribution in [-0.4, -0.2) is 34.7 Å². The van der Waals surface area contributed by atoms with E-state index in [-0.39, 0.29) is 11.8 Å². The molecule has 0 saturated heterocycles. The summed E-state index contributed by atoms with van der Waals surface area (Å²) in [4.78, 5) is 21.4. The lowest BCUT2D eigenvalue weighted by molar-refractivity contribution is 0.0913. The number of pyridine rings is 1. The summed E-state index contributed by atoms with van der Waals surface area (Å²) in [6, 6.07) is 6.25. The number of aromatic nitrogens is 3. The zero-order valence-electron chi connectivity index (χ0n) is 17.2. The van der Waals surface area contributed by atoms with Crippen LogP contribution >= 0.6 is 11.6 Å². The third kappa shape index (κ3) is 4.71. The topological polar surface area (TPSA) is 99.4 Å². The summed E-state index contributed by atoms with van der Waals surface area (Å²) in [5.41, 5.74) is 1.06. The first-order chi connectivity index (χ1) is 14.4. The average Bonchev–Trinajstić information content (AvgIpc) is 3.23. The number of nitrogens with one attached hydrogen (secondary N) is 1. The molecule has 0 fully saturated rings. The quantitative estimate of drug-likeness (QED) is 0.568. The molecule has 0 aliphatic rings. The Hall–Kier alpha value is -3.13. The molecule has 0 spiro atoms. The largest absolute Gasteiger partial charge is 0.493 e. The maximum absolute atomic E-state index is 12.9. The van der Waals surface area contributed by atoms with Gasteiger partial charge < -0.3 is 19.3 Å². The fourth-order valence-electron chi connectivity index (χ4n) is 2.85. The summed E-state index contributed by atoms with van der Waals surface area (Å²) >= 11 is 6.29. The predicted octanol–water partition coefficient (Wildman–Crippen LogP) is 4.32. The van der Waals surface area contributed by atoms with Crippen molar-refractivity contribution in [3.05, 3.63) is 53.1 Å². The number of halogens is 1. The van der Waals surface area contributed by atoms with Crippen LogP contribution in [0.15, 0.2) is 41.2 Å². The highest BCUT2D eigenvalue weighted by Crippen LogP contribution is 2.36. The van der Waals surface area contributed by atoms with Gasteiger partial charge in [0.15, 0.2) is 11.5 Å². The van der Waals surface area contributed by atoms with Crippen molar-refractivity contribution in [1.82, 2.24) is 20.4 Å². The van der Waals surface area contributed by atoms with Gasteiger partial charge in [-0.3, -0.25) is 9.78 Å².